The second-order valence-corrected chi connectivity index (χ2v) is 7.65. The van der Waals surface area contributed by atoms with E-state index in [1.807, 2.05) is 37.3 Å². The zero-order valence-electron chi connectivity index (χ0n) is 17.2. The lowest BCUT2D eigenvalue weighted by molar-refractivity contribution is 0.172. The molecule has 2 aromatic carbocycles. The van der Waals surface area contributed by atoms with E-state index in [9.17, 15) is 9.90 Å². The van der Waals surface area contributed by atoms with Gasteiger partial charge in [0.05, 0.1) is 16.3 Å². The number of allylic oxidation sites excluding steroid dienone is 2. The molecule has 2 N–H and O–H groups in total. The second kappa shape index (κ2) is 9.20. The van der Waals surface area contributed by atoms with Crippen LogP contribution in [-0.4, -0.2) is 45.0 Å². The van der Waals surface area contributed by atoms with Crippen molar-refractivity contribution in [1.29, 1.82) is 0 Å². The molecule has 0 saturated heterocycles. The number of hydrogen-bond donors (Lipinski definition) is 2. The Hall–Kier alpha value is -3.36. The van der Waals surface area contributed by atoms with Crippen LogP contribution < -0.4 is 4.74 Å². The number of carbonyl (C=O) groups is 1. The molecule has 160 valence electrons. The van der Waals surface area contributed by atoms with Crippen LogP contribution in [0.15, 0.2) is 49.1 Å². The summed E-state index contributed by atoms with van der Waals surface area (Å²) < 4.78 is 7.25. The summed E-state index contributed by atoms with van der Waals surface area (Å²) in [6.45, 7) is 5.71. The Morgan fingerprint density at radius 1 is 1.39 bits per heavy atom. The van der Waals surface area contributed by atoms with Crippen LogP contribution in [0.5, 0.6) is 11.5 Å². The van der Waals surface area contributed by atoms with E-state index in [0.717, 1.165) is 16.8 Å². The van der Waals surface area contributed by atoms with Crippen molar-refractivity contribution >= 4 is 36.0 Å². The number of aromatic amines is 1. The lowest BCUT2D eigenvalue weighted by atomic mass is 10.1. The molecule has 1 aromatic heterocycles. The molecule has 3 aromatic rings. The van der Waals surface area contributed by atoms with E-state index in [0.29, 0.717) is 16.2 Å². The van der Waals surface area contributed by atoms with Gasteiger partial charge in [0, 0.05) is 25.7 Å². The molecule has 0 aliphatic heterocycles. The van der Waals surface area contributed by atoms with Gasteiger partial charge in [0.1, 0.15) is 5.75 Å². The number of carbonyl (C=O) groups excluding carboxylic acids is 1. The van der Waals surface area contributed by atoms with Crippen molar-refractivity contribution in [3.8, 4) is 28.6 Å². The van der Waals surface area contributed by atoms with Gasteiger partial charge < -0.3 is 14.7 Å². The molecule has 0 unspecified atom stereocenters. The number of ether oxygens (including phenoxy) is 1. The maximum absolute atomic E-state index is 11.8. The number of rotatable bonds is 5. The van der Waals surface area contributed by atoms with Gasteiger partial charge in [-0.2, -0.15) is 5.10 Å². The molecule has 9 heteroatoms. The van der Waals surface area contributed by atoms with Crippen LogP contribution in [0, 0.1) is 11.7 Å². The molecule has 0 aliphatic rings. The van der Waals surface area contributed by atoms with Gasteiger partial charge in [-0.3, -0.25) is 9.67 Å². The minimum Gasteiger partial charge on any atom is -0.507 e. The molecule has 7 nitrogen and oxygen atoms in total. The number of H-pyrrole nitrogens is 1. The number of aromatic hydroxyl groups is 1. The van der Waals surface area contributed by atoms with Crippen LogP contribution in [0.2, 0.25) is 5.02 Å². The fourth-order valence-electron chi connectivity index (χ4n) is 2.93. The van der Waals surface area contributed by atoms with Crippen LogP contribution in [0.4, 0.5) is 4.79 Å². The van der Waals surface area contributed by atoms with Crippen molar-refractivity contribution in [2.24, 2.45) is 0 Å². The van der Waals surface area contributed by atoms with Gasteiger partial charge in [0.2, 0.25) is 0 Å². The Balaban J connectivity index is 2.17. The Kier molecular flexibility index (Phi) is 6.62. The van der Waals surface area contributed by atoms with E-state index in [1.54, 1.807) is 24.7 Å². The average Bonchev–Trinajstić information content (AvgIpc) is 3.10. The highest BCUT2D eigenvalue weighted by Crippen LogP contribution is 2.38. The van der Waals surface area contributed by atoms with Crippen LogP contribution >= 0.6 is 23.8 Å². The van der Waals surface area contributed by atoms with Gasteiger partial charge in [-0.05, 0) is 36.8 Å². The Labute approximate surface area is 189 Å². The van der Waals surface area contributed by atoms with E-state index in [-0.39, 0.29) is 16.5 Å². The Morgan fingerprint density at radius 3 is 2.81 bits per heavy atom. The third-order valence-electron chi connectivity index (χ3n) is 4.47. The molecule has 0 saturated carbocycles. The number of halogens is 1. The van der Waals surface area contributed by atoms with E-state index in [4.69, 9.17) is 28.6 Å². The molecule has 0 fully saturated rings. The lowest BCUT2D eigenvalue weighted by Gasteiger charge is -2.15. The van der Waals surface area contributed by atoms with Crippen molar-refractivity contribution in [3.63, 3.8) is 0 Å². The van der Waals surface area contributed by atoms with E-state index < -0.39 is 6.09 Å². The first-order valence-corrected chi connectivity index (χ1v) is 10.0. The Morgan fingerprint density at radius 2 is 2.13 bits per heavy atom. The van der Waals surface area contributed by atoms with Gasteiger partial charge >= 0.3 is 6.09 Å². The maximum atomic E-state index is 11.8. The van der Waals surface area contributed by atoms with E-state index in [1.165, 1.54) is 17.0 Å². The summed E-state index contributed by atoms with van der Waals surface area (Å²) in [5.41, 5.74) is 3.04. The van der Waals surface area contributed by atoms with Crippen LogP contribution in [0.3, 0.4) is 0 Å². The fourth-order valence-corrected chi connectivity index (χ4v) is 3.36. The van der Waals surface area contributed by atoms with E-state index in [2.05, 4.69) is 16.8 Å². The second-order valence-electron chi connectivity index (χ2n) is 6.85. The number of aryl methyl sites for hydroxylation is 1. The minimum atomic E-state index is -0.616. The topological polar surface area (TPSA) is 83.4 Å². The zero-order valence-corrected chi connectivity index (χ0v) is 18.8. The van der Waals surface area contributed by atoms with Gasteiger partial charge in [0.25, 0.3) is 0 Å². The van der Waals surface area contributed by atoms with Crippen molar-refractivity contribution in [2.45, 2.75) is 6.92 Å². The first kappa shape index (κ1) is 22.3. The summed E-state index contributed by atoms with van der Waals surface area (Å²) in [4.78, 5) is 13.1. The largest absolute Gasteiger partial charge is 0.507 e. The predicted molar refractivity (Wildman–Crippen MR) is 125 cm³/mol. The molecule has 0 radical (unpaired) electrons. The van der Waals surface area contributed by atoms with Gasteiger partial charge in [-0.25, -0.2) is 4.79 Å². The number of aromatic nitrogens is 3. The molecule has 0 spiro atoms. The van der Waals surface area contributed by atoms with Gasteiger partial charge in [-0.15, -0.1) is 0 Å². The Bertz CT molecular complexity index is 1240. The normalized spacial score (nSPS) is 11.0. The summed E-state index contributed by atoms with van der Waals surface area (Å²) >= 11 is 11.8. The molecule has 0 aliphatic carbocycles. The van der Waals surface area contributed by atoms with Crippen molar-refractivity contribution in [1.82, 2.24) is 19.7 Å². The maximum Gasteiger partial charge on any atom is 0.414 e. The first-order valence-electron chi connectivity index (χ1n) is 9.23. The molecular weight excluding hydrogens is 436 g/mol. The number of hydrogen-bond acceptors (Lipinski definition) is 5. The third kappa shape index (κ3) is 4.55. The number of phenols is 1. The zero-order chi connectivity index (χ0) is 22.7. The number of amides is 1. The molecule has 3 rings (SSSR count). The molecule has 31 heavy (non-hydrogen) atoms. The summed E-state index contributed by atoms with van der Waals surface area (Å²) in [7, 11) is 3.09. The summed E-state index contributed by atoms with van der Waals surface area (Å²) in [5.74, 6) is 0.221. The molecule has 1 heterocycles. The predicted octanol–water partition coefficient (Wildman–Crippen LogP) is 5.52. The quantitative estimate of drug-likeness (QED) is 0.390. The SMILES string of the molecule is C=C/C=C\c1c(C)cccc1-n1c(-c2cc(Cl)c(OC(=O)N(C)C)cc2O)n[nH]c1=S. The third-order valence-corrected chi connectivity index (χ3v) is 5.04. The van der Waals surface area contributed by atoms with Crippen LogP contribution in [0.1, 0.15) is 11.1 Å². The highest BCUT2D eigenvalue weighted by molar-refractivity contribution is 7.71. The van der Waals surface area contributed by atoms with Gasteiger partial charge in [0.15, 0.2) is 16.3 Å². The van der Waals surface area contributed by atoms with Crippen LogP contribution in [0.25, 0.3) is 23.2 Å². The summed E-state index contributed by atoms with van der Waals surface area (Å²) in [5, 5.41) is 17.9. The van der Waals surface area contributed by atoms with Gasteiger partial charge in [-0.1, -0.05) is 48.5 Å². The summed E-state index contributed by atoms with van der Waals surface area (Å²) in [6.07, 6.45) is 4.82. The highest BCUT2D eigenvalue weighted by atomic mass is 35.5. The lowest BCUT2D eigenvalue weighted by Crippen LogP contribution is -2.25. The number of benzene rings is 2. The van der Waals surface area contributed by atoms with Crippen molar-refractivity contribution in [3.05, 3.63) is 70.0 Å². The summed E-state index contributed by atoms with van der Waals surface area (Å²) in [6, 6.07) is 8.54. The molecular formula is C22H21ClN4O3S. The number of phenolic OH excluding ortho intramolecular Hbond substituents is 1. The van der Waals surface area contributed by atoms with Crippen molar-refractivity contribution in [2.75, 3.05) is 14.1 Å². The number of nitrogens with one attached hydrogen (secondary N) is 1. The average molecular weight is 457 g/mol. The highest BCUT2D eigenvalue weighted by Gasteiger charge is 2.20. The smallest absolute Gasteiger partial charge is 0.414 e. The monoisotopic (exact) mass is 456 g/mol. The van der Waals surface area contributed by atoms with Crippen LogP contribution in [-0.2, 0) is 0 Å². The molecule has 1 amide bonds. The fraction of sp³-hybridized carbons (Fsp3) is 0.136. The van der Waals surface area contributed by atoms with E-state index >= 15 is 0 Å². The molecule has 0 atom stereocenters. The first-order chi connectivity index (χ1) is 14.7. The number of nitrogens with zero attached hydrogens (tertiary/aromatic N) is 3. The standard InChI is InChI=1S/C22H21ClN4O3S/c1-5-6-9-14-13(2)8-7-10-17(14)27-20(24-25-21(27)31)15-11-16(23)19(12-18(15)28)30-22(29)26(3)4/h5-12,28H,1H2,2-4H3,(H,25,31)/b9-6-. The van der Waals surface area contributed by atoms with Crippen molar-refractivity contribution < 1.29 is 14.6 Å². The molecule has 0 bridgehead atoms. The minimum absolute atomic E-state index is 0.0347.